The van der Waals surface area contributed by atoms with E-state index in [1.807, 2.05) is 32.9 Å². The van der Waals surface area contributed by atoms with E-state index in [0.29, 0.717) is 10.9 Å². The highest BCUT2D eigenvalue weighted by Crippen LogP contribution is 2.24. The highest BCUT2D eigenvalue weighted by molar-refractivity contribution is 7.99. The molecule has 0 aliphatic rings. The van der Waals surface area contributed by atoms with Crippen LogP contribution >= 0.6 is 23.4 Å². The SMILES string of the molecule is Cc1cc(C)c(NC(=O)CNC(=O)CSc2nnc(-c3ccc(Cl)cc3)o2)c(C)c1. The number of nitrogens with zero attached hydrogens (tertiary/aromatic N) is 2. The Balaban J connectivity index is 1.46. The Labute approximate surface area is 183 Å². The Hall–Kier alpha value is -2.84. The summed E-state index contributed by atoms with van der Waals surface area (Å²) < 4.78 is 5.54. The molecule has 0 fully saturated rings. The number of hydrogen-bond donors (Lipinski definition) is 2. The first-order valence-corrected chi connectivity index (χ1v) is 10.5. The fraction of sp³-hybridized carbons (Fsp3) is 0.238. The Bertz CT molecular complexity index is 1040. The molecule has 1 aromatic heterocycles. The van der Waals surface area contributed by atoms with E-state index >= 15 is 0 Å². The van der Waals surface area contributed by atoms with Gasteiger partial charge in [0.2, 0.25) is 17.7 Å². The van der Waals surface area contributed by atoms with Gasteiger partial charge in [0.15, 0.2) is 0 Å². The molecule has 2 aromatic carbocycles. The molecule has 0 radical (unpaired) electrons. The lowest BCUT2D eigenvalue weighted by Crippen LogP contribution is -2.34. The number of halogens is 1. The van der Waals surface area contributed by atoms with Crippen LogP contribution in [0.25, 0.3) is 11.5 Å². The molecule has 0 aliphatic carbocycles. The zero-order valence-corrected chi connectivity index (χ0v) is 18.4. The second-order valence-electron chi connectivity index (χ2n) is 6.77. The zero-order valence-electron chi connectivity index (χ0n) is 16.8. The van der Waals surface area contributed by atoms with Crippen LogP contribution in [0.5, 0.6) is 0 Å². The lowest BCUT2D eigenvalue weighted by atomic mass is 10.1. The van der Waals surface area contributed by atoms with E-state index in [0.717, 1.165) is 39.7 Å². The molecule has 1 heterocycles. The summed E-state index contributed by atoms with van der Waals surface area (Å²) >= 11 is 6.96. The fourth-order valence-electron chi connectivity index (χ4n) is 2.90. The monoisotopic (exact) mass is 444 g/mol. The lowest BCUT2D eigenvalue weighted by Gasteiger charge is -2.13. The molecular weight excluding hydrogens is 424 g/mol. The summed E-state index contributed by atoms with van der Waals surface area (Å²) in [6.45, 7) is 5.76. The average Bonchev–Trinajstić information content (AvgIpc) is 3.17. The molecule has 0 saturated heterocycles. The minimum absolute atomic E-state index is 0.0537. The van der Waals surface area contributed by atoms with Crippen LogP contribution in [0.1, 0.15) is 16.7 Å². The minimum atomic E-state index is -0.307. The maximum atomic E-state index is 12.2. The number of aryl methyl sites for hydroxylation is 3. The van der Waals surface area contributed by atoms with E-state index in [1.54, 1.807) is 24.3 Å². The van der Waals surface area contributed by atoms with Gasteiger partial charge < -0.3 is 15.1 Å². The van der Waals surface area contributed by atoms with Gasteiger partial charge >= 0.3 is 0 Å². The highest BCUT2D eigenvalue weighted by Gasteiger charge is 2.13. The van der Waals surface area contributed by atoms with Crippen molar-refractivity contribution in [3.05, 3.63) is 58.1 Å². The highest BCUT2D eigenvalue weighted by atomic mass is 35.5. The molecule has 0 atom stereocenters. The van der Waals surface area contributed by atoms with Crippen LogP contribution in [0.4, 0.5) is 5.69 Å². The molecule has 3 rings (SSSR count). The molecule has 156 valence electrons. The fourth-order valence-corrected chi connectivity index (χ4v) is 3.61. The molecule has 0 saturated carbocycles. The summed E-state index contributed by atoms with van der Waals surface area (Å²) in [6.07, 6.45) is 0. The molecule has 2 amide bonds. The first-order chi connectivity index (χ1) is 14.3. The van der Waals surface area contributed by atoms with Crippen LogP contribution < -0.4 is 10.6 Å². The Kier molecular flexibility index (Phi) is 7.12. The summed E-state index contributed by atoms with van der Waals surface area (Å²) in [7, 11) is 0. The third-order valence-electron chi connectivity index (χ3n) is 4.21. The summed E-state index contributed by atoms with van der Waals surface area (Å²) in [5, 5.41) is 14.2. The van der Waals surface area contributed by atoms with Gasteiger partial charge in [0.1, 0.15) is 0 Å². The molecule has 3 aromatic rings. The number of benzene rings is 2. The topological polar surface area (TPSA) is 97.1 Å². The van der Waals surface area contributed by atoms with Crippen molar-refractivity contribution < 1.29 is 14.0 Å². The predicted octanol–water partition coefficient (Wildman–Crippen LogP) is 4.16. The van der Waals surface area contributed by atoms with Gasteiger partial charge in [0.25, 0.3) is 5.22 Å². The van der Waals surface area contributed by atoms with E-state index in [1.165, 1.54) is 0 Å². The molecule has 30 heavy (non-hydrogen) atoms. The summed E-state index contributed by atoms with van der Waals surface area (Å²) in [6, 6.07) is 11.0. The van der Waals surface area contributed by atoms with Crippen molar-refractivity contribution in [1.82, 2.24) is 15.5 Å². The largest absolute Gasteiger partial charge is 0.411 e. The van der Waals surface area contributed by atoms with Crippen LogP contribution in [0.15, 0.2) is 46.0 Å². The molecule has 2 N–H and O–H groups in total. The van der Waals surface area contributed by atoms with Gasteiger partial charge in [-0.05, 0) is 56.2 Å². The van der Waals surface area contributed by atoms with Crippen molar-refractivity contribution in [2.24, 2.45) is 0 Å². The number of carbonyl (C=O) groups excluding carboxylic acids is 2. The number of amides is 2. The number of anilines is 1. The number of rotatable bonds is 7. The third kappa shape index (κ3) is 5.84. The normalized spacial score (nSPS) is 10.7. The number of hydrogen-bond acceptors (Lipinski definition) is 6. The van der Waals surface area contributed by atoms with Gasteiger partial charge in [0.05, 0.1) is 12.3 Å². The molecule has 0 unspecified atom stereocenters. The first-order valence-electron chi connectivity index (χ1n) is 9.18. The second kappa shape index (κ2) is 9.77. The zero-order chi connectivity index (χ0) is 21.7. The van der Waals surface area contributed by atoms with Crippen molar-refractivity contribution in [3.63, 3.8) is 0 Å². The Morgan fingerprint density at radius 2 is 1.70 bits per heavy atom. The third-order valence-corrected chi connectivity index (χ3v) is 5.28. The van der Waals surface area contributed by atoms with Gasteiger partial charge in [-0.3, -0.25) is 9.59 Å². The van der Waals surface area contributed by atoms with Gasteiger partial charge in [-0.2, -0.15) is 0 Å². The lowest BCUT2D eigenvalue weighted by molar-refractivity contribution is -0.122. The number of thioether (sulfide) groups is 1. The standard InChI is InChI=1S/C21H21ClN4O3S/c1-12-8-13(2)19(14(3)9-12)24-17(27)10-23-18(28)11-30-21-26-25-20(29-21)15-4-6-16(22)7-5-15/h4-9H,10-11H2,1-3H3,(H,23,28)(H,24,27). The average molecular weight is 445 g/mol. The smallest absolute Gasteiger partial charge is 0.277 e. The van der Waals surface area contributed by atoms with Crippen LogP contribution in [0.3, 0.4) is 0 Å². The van der Waals surface area contributed by atoms with E-state index < -0.39 is 0 Å². The van der Waals surface area contributed by atoms with Gasteiger partial charge in [-0.25, -0.2) is 0 Å². The second-order valence-corrected chi connectivity index (χ2v) is 8.13. The summed E-state index contributed by atoms with van der Waals surface area (Å²) in [4.78, 5) is 24.2. The number of carbonyl (C=O) groups is 2. The maximum absolute atomic E-state index is 12.2. The van der Waals surface area contributed by atoms with Gasteiger partial charge in [0, 0.05) is 16.3 Å². The minimum Gasteiger partial charge on any atom is -0.411 e. The molecule has 9 heteroatoms. The van der Waals surface area contributed by atoms with Crippen molar-refractivity contribution in [2.75, 3.05) is 17.6 Å². The van der Waals surface area contributed by atoms with Gasteiger partial charge in [-0.15, -0.1) is 10.2 Å². The summed E-state index contributed by atoms with van der Waals surface area (Å²) in [5.74, 6) is -0.194. The number of nitrogens with one attached hydrogen (secondary N) is 2. The molecule has 7 nitrogen and oxygen atoms in total. The van der Waals surface area contributed by atoms with Gasteiger partial charge in [-0.1, -0.05) is 41.1 Å². The van der Waals surface area contributed by atoms with E-state index in [9.17, 15) is 9.59 Å². The van der Waals surface area contributed by atoms with Crippen molar-refractivity contribution in [2.45, 2.75) is 26.0 Å². The van der Waals surface area contributed by atoms with Crippen LogP contribution in [0, 0.1) is 20.8 Å². The summed E-state index contributed by atoms with van der Waals surface area (Å²) in [5.41, 5.74) is 4.61. The quantitative estimate of drug-likeness (QED) is 0.531. The Morgan fingerprint density at radius 3 is 2.37 bits per heavy atom. The van der Waals surface area contributed by atoms with Crippen LogP contribution in [-0.2, 0) is 9.59 Å². The maximum Gasteiger partial charge on any atom is 0.277 e. The van der Waals surface area contributed by atoms with Crippen molar-refractivity contribution in [3.8, 4) is 11.5 Å². The van der Waals surface area contributed by atoms with Crippen LogP contribution in [-0.4, -0.2) is 34.3 Å². The molecule has 0 spiro atoms. The Morgan fingerprint density at radius 1 is 1.03 bits per heavy atom. The molecular formula is C21H21ClN4O3S. The van der Waals surface area contributed by atoms with E-state index in [-0.39, 0.29) is 29.3 Å². The molecule has 0 aliphatic heterocycles. The van der Waals surface area contributed by atoms with Crippen molar-refractivity contribution >= 4 is 40.9 Å². The molecule has 0 bridgehead atoms. The van der Waals surface area contributed by atoms with Crippen LogP contribution in [0.2, 0.25) is 5.02 Å². The van der Waals surface area contributed by atoms with E-state index in [2.05, 4.69) is 20.8 Å². The first kappa shape index (κ1) is 21.9. The predicted molar refractivity (Wildman–Crippen MR) is 118 cm³/mol. The number of aromatic nitrogens is 2. The van der Waals surface area contributed by atoms with E-state index in [4.69, 9.17) is 16.0 Å². The van der Waals surface area contributed by atoms with Crippen molar-refractivity contribution in [1.29, 1.82) is 0 Å².